The van der Waals surface area contributed by atoms with E-state index in [0.29, 0.717) is 12.6 Å². The Morgan fingerprint density at radius 1 is 1.17 bits per heavy atom. The molecule has 100 valence electrons. The summed E-state index contributed by atoms with van der Waals surface area (Å²) in [7, 11) is 2.04. The number of hydrogen-bond acceptors (Lipinski definition) is 2. The number of Topliss-reactive ketones (excluding diaryl/α,β-unsaturated/α-hetero) is 1. The third kappa shape index (κ3) is 3.67. The van der Waals surface area contributed by atoms with E-state index < -0.39 is 0 Å². The standard InChI is InChI=1S/C16H25NO/c1-6-15(7-2)17(5)11-16(18)14-9-8-12(3)13(4)10-14/h8-10,15H,6-7,11H2,1-5H3. The minimum absolute atomic E-state index is 0.215. The molecule has 0 atom stereocenters. The van der Waals surface area contributed by atoms with Crippen molar-refractivity contribution in [2.75, 3.05) is 13.6 Å². The Morgan fingerprint density at radius 2 is 1.78 bits per heavy atom. The Balaban J connectivity index is 2.73. The fourth-order valence-electron chi connectivity index (χ4n) is 2.27. The van der Waals surface area contributed by atoms with Crippen molar-refractivity contribution in [3.8, 4) is 0 Å². The van der Waals surface area contributed by atoms with Gasteiger partial charge in [-0.2, -0.15) is 0 Å². The maximum Gasteiger partial charge on any atom is 0.176 e. The van der Waals surface area contributed by atoms with Crippen molar-refractivity contribution in [3.63, 3.8) is 0 Å². The van der Waals surface area contributed by atoms with Gasteiger partial charge in [-0.05, 0) is 50.9 Å². The topological polar surface area (TPSA) is 20.3 Å². The Morgan fingerprint density at radius 3 is 2.28 bits per heavy atom. The second-order valence-corrected chi connectivity index (χ2v) is 5.11. The van der Waals surface area contributed by atoms with Gasteiger partial charge < -0.3 is 0 Å². The first-order chi connectivity index (χ1) is 8.49. The molecule has 0 heterocycles. The molecule has 0 N–H and O–H groups in total. The molecule has 0 amide bonds. The molecular formula is C16H25NO. The molecule has 2 nitrogen and oxygen atoms in total. The molecule has 1 rings (SSSR count). The molecule has 0 fully saturated rings. The zero-order valence-electron chi connectivity index (χ0n) is 12.3. The van der Waals surface area contributed by atoms with Crippen molar-refractivity contribution in [3.05, 3.63) is 34.9 Å². The van der Waals surface area contributed by atoms with Gasteiger partial charge in [-0.1, -0.05) is 26.0 Å². The molecule has 0 radical (unpaired) electrons. The van der Waals surface area contributed by atoms with Crippen LogP contribution in [0.4, 0.5) is 0 Å². The van der Waals surface area contributed by atoms with Gasteiger partial charge in [0.15, 0.2) is 5.78 Å². The lowest BCUT2D eigenvalue weighted by Gasteiger charge is -2.25. The molecular weight excluding hydrogens is 222 g/mol. The molecule has 0 spiro atoms. The van der Waals surface area contributed by atoms with Gasteiger partial charge in [0.25, 0.3) is 0 Å². The van der Waals surface area contributed by atoms with Crippen LogP contribution in [0.25, 0.3) is 0 Å². The summed E-state index contributed by atoms with van der Waals surface area (Å²) in [4.78, 5) is 14.4. The number of aryl methyl sites for hydroxylation is 2. The lowest BCUT2D eigenvalue weighted by Crippen LogP contribution is -2.35. The third-order valence-corrected chi connectivity index (χ3v) is 3.79. The summed E-state index contributed by atoms with van der Waals surface area (Å²) in [5, 5.41) is 0. The molecule has 0 aromatic heterocycles. The highest BCUT2D eigenvalue weighted by atomic mass is 16.1. The van der Waals surface area contributed by atoms with Gasteiger partial charge in [0.1, 0.15) is 0 Å². The van der Waals surface area contributed by atoms with E-state index in [0.717, 1.165) is 18.4 Å². The molecule has 18 heavy (non-hydrogen) atoms. The van der Waals surface area contributed by atoms with Gasteiger partial charge in [0.2, 0.25) is 0 Å². The highest BCUT2D eigenvalue weighted by molar-refractivity contribution is 5.97. The van der Waals surface area contributed by atoms with E-state index in [1.807, 2.05) is 25.2 Å². The van der Waals surface area contributed by atoms with Crippen LogP contribution in [0.5, 0.6) is 0 Å². The number of carbonyl (C=O) groups is 1. The van der Waals surface area contributed by atoms with Crippen molar-refractivity contribution in [2.24, 2.45) is 0 Å². The van der Waals surface area contributed by atoms with E-state index in [9.17, 15) is 4.79 Å². The van der Waals surface area contributed by atoms with E-state index in [2.05, 4.69) is 32.6 Å². The van der Waals surface area contributed by atoms with Crippen LogP contribution in [0.3, 0.4) is 0 Å². The lowest BCUT2D eigenvalue weighted by atomic mass is 10.0. The summed E-state index contributed by atoms with van der Waals surface area (Å²) < 4.78 is 0. The largest absolute Gasteiger partial charge is 0.296 e. The molecule has 0 aliphatic carbocycles. The predicted molar refractivity (Wildman–Crippen MR) is 77.2 cm³/mol. The van der Waals surface area contributed by atoms with E-state index in [1.165, 1.54) is 11.1 Å². The number of likely N-dealkylation sites (N-methyl/N-ethyl adjacent to an activating group) is 1. The Kier molecular flexibility index (Phi) is 5.54. The molecule has 2 heteroatoms. The SMILES string of the molecule is CCC(CC)N(C)CC(=O)c1ccc(C)c(C)c1. The monoisotopic (exact) mass is 247 g/mol. The Labute approximate surface area is 111 Å². The Bertz CT molecular complexity index is 408. The van der Waals surface area contributed by atoms with Gasteiger partial charge in [0, 0.05) is 11.6 Å². The minimum atomic E-state index is 0.215. The van der Waals surface area contributed by atoms with Crippen LogP contribution in [0.15, 0.2) is 18.2 Å². The number of nitrogens with zero attached hydrogens (tertiary/aromatic N) is 1. The van der Waals surface area contributed by atoms with Crippen LogP contribution >= 0.6 is 0 Å². The number of ketones is 1. The first kappa shape index (κ1) is 14.9. The summed E-state index contributed by atoms with van der Waals surface area (Å²) >= 11 is 0. The molecule has 0 saturated heterocycles. The Hall–Kier alpha value is -1.15. The highest BCUT2D eigenvalue weighted by Gasteiger charge is 2.15. The molecule has 1 aromatic carbocycles. The first-order valence-electron chi connectivity index (χ1n) is 6.80. The molecule has 1 aromatic rings. The summed E-state index contributed by atoms with van der Waals surface area (Å²) in [5.41, 5.74) is 3.25. The molecule has 0 bridgehead atoms. The van der Waals surface area contributed by atoms with Gasteiger partial charge in [-0.25, -0.2) is 0 Å². The number of hydrogen-bond donors (Lipinski definition) is 0. The van der Waals surface area contributed by atoms with Crippen molar-refractivity contribution >= 4 is 5.78 Å². The maximum absolute atomic E-state index is 12.2. The smallest absolute Gasteiger partial charge is 0.176 e. The normalized spacial score (nSPS) is 11.3. The van der Waals surface area contributed by atoms with Crippen molar-refractivity contribution < 1.29 is 4.79 Å². The molecule has 0 aliphatic heterocycles. The highest BCUT2D eigenvalue weighted by Crippen LogP contribution is 2.12. The maximum atomic E-state index is 12.2. The van der Waals surface area contributed by atoms with E-state index >= 15 is 0 Å². The van der Waals surface area contributed by atoms with Crippen LogP contribution in [0.1, 0.15) is 48.2 Å². The number of rotatable bonds is 6. The summed E-state index contributed by atoms with van der Waals surface area (Å²) in [6.45, 7) is 8.97. The second-order valence-electron chi connectivity index (χ2n) is 5.11. The van der Waals surface area contributed by atoms with Crippen molar-refractivity contribution in [1.29, 1.82) is 0 Å². The van der Waals surface area contributed by atoms with Gasteiger partial charge >= 0.3 is 0 Å². The van der Waals surface area contributed by atoms with Gasteiger partial charge in [0.05, 0.1) is 6.54 Å². The van der Waals surface area contributed by atoms with Crippen molar-refractivity contribution in [1.82, 2.24) is 4.90 Å². The van der Waals surface area contributed by atoms with E-state index in [4.69, 9.17) is 0 Å². The minimum Gasteiger partial charge on any atom is -0.296 e. The summed E-state index contributed by atoms with van der Waals surface area (Å²) in [5.74, 6) is 0.215. The van der Waals surface area contributed by atoms with E-state index in [-0.39, 0.29) is 5.78 Å². The molecule has 0 aliphatic rings. The third-order valence-electron chi connectivity index (χ3n) is 3.79. The first-order valence-corrected chi connectivity index (χ1v) is 6.80. The van der Waals surface area contributed by atoms with Crippen LogP contribution < -0.4 is 0 Å². The van der Waals surface area contributed by atoms with Crippen LogP contribution in [0, 0.1) is 13.8 Å². The second kappa shape index (κ2) is 6.69. The average molecular weight is 247 g/mol. The fourth-order valence-corrected chi connectivity index (χ4v) is 2.27. The predicted octanol–water partition coefficient (Wildman–Crippen LogP) is 3.61. The molecule has 0 saturated carbocycles. The van der Waals surface area contributed by atoms with Crippen molar-refractivity contribution in [2.45, 2.75) is 46.6 Å². The number of carbonyl (C=O) groups excluding carboxylic acids is 1. The lowest BCUT2D eigenvalue weighted by molar-refractivity contribution is 0.0915. The summed E-state index contributed by atoms with van der Waals surface area (Å²) in [6.07, 6.45) is 2.18. The quantitative estimate of drug-likeness (QED) is 0.716. The van der Waals surface area contributed by atoms with E-state index in [1.54, 1.807) is 0 Å². The summed E-state index contributed by atoms with van der Waals surface area (Å²) in [6, 6.07) is 6.46. The average Bonchev–Trinajstić information content (AvgIpc) is 2.34. The number of benzene rings is 1. The van der Waals surface area contributed by atoms with Crippen LogP contribution in [-0.4, -0.2) is 30.3 Å². The molecule has 0 unspecified atom stereocenters. The van der Waals surface area contributed by atoms with Crippen LogP contribution in [-0.2, 0) is 0 Å². The zero-order chi connectivity index (χ0) is 13.7. The zero-order valence-corrected chi connectivity index (χ0v) is 12.3. The van der Waals surface area contributed by atoms with Crippen LogP contribution in [0.2, 0.25) is 0 Å². The van der Waals surface area contributed by atoms with Gasteiger partial charge in [-0.15, -0.1) is 0 Å². The van der Waals surface area contributed by atoms with Gasteiger partial charge in [-0.3, -0.25) is 9.69 Å². The fraction of sp³-hybridized carbons (Fsp3) is 0.562.